The lowest BCUT2D eigenvalue weighted by Crippen LogP contribution is -2.15. The zero-order valence-corrected chi connectivity index (χ0v) is 18.5. The van der Waals surface area contributed by atoms with Crippen molar-refractivity contribution in [2.45, 2.75) is 13.3 Å². The molecule has 4 rings (SSSR count). The summed E-state index contributed by atoms with van der Waals surface area (Å²) in [6.45, 7) is 2.54. The van der Waals surface area contributed by atoms with Crippen LogP contribution in [-0.4, -0.2) is 32.9 Å². The number of nitro benzene ring substituents is 2. The second-order valence-corrected chi connectivity index (χ2v) is 7.43. The van der Waals surface area contributed by atoms with E-state index in [0.29, 0.717) is 53.4 Å². The average Bonchev–Trinajstić information content (AvgIpc) is 3.31. The average molecular weight is 482 g/mol. The van der Waals surface area contributed by atoms with Gasteiger partial charge in [-0.3, -0.25) is 20.2 Å². The van der Waals surface area contributed by atoms with Gasteiger partial charge in [-0.05, 0) is 24.1 Å². The van der Waals surface area contributed by atoms with E-state index in [-0.39, 0.29) is 28.8 Å². The van der Waals surface area contributed by atoms with E-state index in [4.69, 9.17) is 16.4 Å². The molecular formula is C20H22N10O5. The Morgan fingerprint density at radius 2 is 1.60 bits per heavy atom. The summed E-state index contributed by atoms with van der Waals surface area (Å²) in [4.78, 5) is 34.9. The Morgan fingerprint density at radius 1 is 0.943 bits per heavy atom. The number of fused-ring (bicyclic) bond motifs is 1. The number of hydrogen-bond donors (Lipinski definition) is 6. The van der Waals surface area contributed by atoms with E-state index in [1.54, 1.807) is 18.2 Å². The molecular weight excluding hydrogens is 460 g/mol. The lowest BCUT2D eigenvalue weighted by molar-refractivity contribution is -0.384. The van der Waals surface area contributed by atoms with E-state index < -0.39 is 9.85 Å². The predicted molar refractivity (Wildman–Crippen MR) is 131 cm³/mol. The number of aryl methyl sites for hydroxylation is 1. The first-order valence-corrected chi connectivity index (χ1v) is 10.5. The number of rotatable bonds is 9. The third kappa shape index (κ3) is 4.60. The molecule has 0 atom stereocenters. The Hall–Kier alpha value is -4.92. The fourth-order valence-corrected chi connectivity index (χ4v) is 3.73. The van der Waals surface area contributed by atoms with Crippen LogP contribution in [0.4, 0.5) is 45.9 Å². The first kappa shape index (κ1) is 23.2. The summed E-state index contributed by atoms with van der Waals surface area (Å²) in [5, 5.41) is 29.0. The minimum absolute atomic E-state index is 0.0413. The number of nitrogen functional groups attached to an aromatic ring is 2. The zero-order chi connectivity index (χ0) is 25.1. The molecule has 0 saturated carbocycles. The van der Waals surface area contributed by atoms with E-state index in [9.17, 15) is 20.2 Å². The van der Waals surface area contributed by atoms with Crippen LogP contribution >= 0.6 is 0 Å². The molecule has 2 heterocycles. The summed E-state index contributed by atoms with van der Waals surface area (Å²) < 4.78 is 0. The second-order valence-electron chi connectivity index (χ2n) is 7.43. The van der Waals surface area contributed by atoms with Crippen molar-refractivity contribution in [1.82, 2.24) is 9.97 Å². The van der Waals surface area contributed by atoms with Crippen LogP contribution in [0.3, 0.4) is 0 Å². The molecule has 1 aromatic heterocycles. The maximum Gasteiger partial charge on any atom is 0.297 e. The molecule has 0 fully saturated rings. The van der Waals surface area contributed by atoms with Gasteiger partial charge in [0.25, 0.3) is 11.4 Å². The van der Waals surface area contributed by atoms with Crippen molar-refractivity contribution in [3.05, 3.63) is 56.3 Å². The lowest BCUT2D eigenvalue weighted by atomic mass is 10.0. The fraction of sp³-hybridized carbons (Fsp3) is 0.200. The van der Waals surface area contributed by atoms with Gasteiger partial charge < -0.3 is 22.1 Å². The normalized spacial score (nSPS) is 11.8. The monoisotopic (exact) mass is 482 g/mol. The van der Waals surface area contributed by atoms with Gasteiger partial charge in [0.15, 0.2) is 5.69 Å². The molecule has 0 aliphatic carbocycles. The van der Waals surface area contributed by atoms with Crippen LogP contribution in [0.15, 0.2) is 30.3 Å². The van der Waals surface area contributed by atoms with Crippen molar-refractivity contribution < 1.29 is 14.8 Å². The zero-order valence-electron chi connectivity index (χ0n) is 18.5. The number of anilines is 6. The largest absolute Gasteiger partial charge is 0.383 e. The van der Waals surface area contributed by atoms with Gasteiger partial charge in [-0.25, -0.2) is 15.9 Å². The standard InChI is InChI=1S/C20H22N10O5/c1-2-11-16(19(21)26-20(22)25-11)10-3-4-12(15(9-10)30(33)34)23-7-8-24-13-5-6-14(29(31)32)18-17(13)27-35-28-18/h3-6,9,23-24,27-28H,2,7-8H2,1H3,(H4,21,22,25,26). The Kier molecular flexibility index (Phi) is 6.32. The maximum absolute atomic E-state index is 11.8. The number of nitrogens with two attached hydrogens (primary N) is 2. The van der Waals surface area contributed by atoms with Crippen LogP contribution in [-0.2, 0) is 11.4 Å². The summed E-state index contributed by atoms with van der Waals surface area (Å²) in [7, 11) is 0. The molecule has 182 valence electrons. The fourth-order valence-electron chi connectivity index (χ4n) is 3.73. The van der Waals surface area contributed by atoms with Crippen molar-refractivity contribution in [1.29, 1.82) is 0 Å². The highest BCUT2D eigenvalue weighted by atomic mass is 16.8. The van der Waals surface area contributed by atoms with Gasteiger partial charge in [-0.2, -0.15) is 9.92 Å². The van der Waals surface area contributed by atoms with Gasteiger partial charge in [-0.1, -0.05) is 13.0 Å². The van der Waals surface area contributed by atoms with Gasteiger partial charge in [0.1, 0.15) is 17.2 Å². The van der Waals surface area contributed by atoms with E-state index in [1.807, 2.05) is 6.92 Å². The van der Waals surface area contributed by atoms with Crippen LogP contribution in [0.1, 0.15) is 12.6 Å². The number of nitro groups is 2. The van der Waals surface area contributed by atoms with Gasteiger partial charge >= 0.3 is 0 Å². The van der Waals surface area contributed by atoms with Gasteiger partial charge in [0.05, 0.1) is 21.2 Å². The van der Waals surface area contributed by atoms with Crippen molar-refractivity contribution in [3.8, 4) is 11.1 Å². The molecule has 1 aliphatic rings. The van der Waals surface area contributed by atoms with E-state index in [1.165, 1.54) is 12.1 Å². The van der Waals surface area contributed by atoms with Crippen LogP contribution < -0.4 is 33.1 Å². The molecule has 0 radical (unpaired) electrons. The number of aromatic nitrogens is 2. The number of nitrogens with zero attached hydrogens (tertiary/aromatic N) is 4. The number of benzene rings is 2. The van der Waals surface area contributed by atoms with Crippen molar-refractivity contribution in [2.24, 2.45) is 0 Å². The molecule has 0 unspecified atom stereocenters. The molecule has 8 N–H and O–H groups in total. The van der Waals surface area contributed by atoms with E-state index in [2.05, 4.69) is 31.6 Å². The number of nitrogens with one attached hydrogen (secondary N) is 4. The molecule has 0 saturated heterocycles. The topological polar surface area (TPSA) is 221 Å². The third-order valence-electron chi connectivity index (χ3n) is 5.29. The Balaban J connectivity index is 1.49. The highest BCUT2D eigenvalue weighted by molar-refractivity contribution is 5.89. The van der Waals surface area contributed by atoms with Crippen molar-refractivity contribution >= 4 is 45.9 Å². The first-order chi connectivity index (χ1) is 16.8. The minimum atomic E-state index is -0.524. The van der Waals surface area contributed by atoms with Crippen LogP contribution in [0.25, 0.3) is 11.1 Å². The molecule has 0 bridgehead atoms. The smallest absolute Gasteiger partial charge is 0.297 e. The molecule has 0 spiro atoms. The van der Waals surface area contributed by atoms with Crippen molar-refractivity contribution in [2.75, 3.05) is 46.2 Å². The highest BCUT2D eigenvalue weighted by Crippen LogP contribution is 2.41. The van der Waals surface area contributed by atoms with E-state index in [0.717, 1.165) is 0 Å². The lowest BCUT2D eigenvalue weighted by Gasteiger charge is -2.13. The van der Waals surface area contributed by atoms with Crippen LogP contribution in [0.5, 0.6) is 0 Å². The molecule has 2 aromatic carbocycles. The Bertz CT molecular complexity index is 1320. The first-order valence-electron chi connectivity index (χ1n) is 10.5. The molecule has 15 nitrogen and oxygen atoms in total. The molecule has 15 heteroatoms. The Labute approximate surface area is 198 Å². The van der Waals surface area contributed by atoms with Crippen molar-refractivity contribution in [3.63, 3.8) is 0 Å². The van der Waals surface area contributed by atoms with Gasteiger partial charge in [0.2, 0.25) is 5.95 Å². The maximum atomic E-state index is 11.8. The molecule has 35 heavy (non-hydrogen) atoms. The summed E-state index contributed by atoms with van der Waals surface area (Å²) in [5.41, 5.74) is 19.5. The Morgan fingerprint density at radius 3 is 2.29 bits per heavy atom. The summed E-state index contributed by atoms with van der Waals surface area (Å²) in [6.07, 6.45) is 0.521. The van der Waals surface area contributed by atoms with Gasteiger partial charge in [-0.15, -0.1) is 0 Å². The highest BCUT2D eigenvalue weighted by Gasteiger charge is 2.26. The predicted octanol–water partition coefficient (Wildman–Crippen LogP) is 2.89. The van der Waals surface area contributed by atoms with Gasteiger partial charge in [0, 0.05) is 30.8 Å². The summed E-state index contributed by atoms with van der Waals surface area (Å²) >= 11 is 0. The third-order valence-corrected chi connectivity index (χ3v) is 5.29. The summed E-state index contributed by atoms with van der Waals surface area (Å²) in [6, 6.07) is 7.59. The van der Waals surface area contributed by atoms with Crippen LogP contribution in [0.2, 0.25) is 0 Å². The van der Waals surface area contributed by atoms with Crippen LogP contribution in [0, 0.1) is 20.2 Å². The number of hydrogen-bond acceptors (Lipinski definition) is 13. The summed E-state index contributed by atoms with van der Waals surface area (Å²) in [5.74, 6) is 0.191. The SMILES string of the molecule is CCc1nc(N)nc(N)c1-c1ccc(NCCNc2ccc([N+](=O)[O-])c3c2NON3)c([N+](=O)[O-])c1. The van der Waals surface area contributed by atoms with E-state index >= 15 is 0 Å². The minimum Gasteiger partial charge on any atom is -0.383 e. The molecule has 0 amide bonds. The second kappa shape index (κ2) is 9.52. The quantitative estimate of drug-likeness (QED) is 0.147. The molecule has 3 aromatic rings. The molecule has 1 aliphatic heterocycles.